The molecule has 7 nitrogen and oxygen atoms in total. The molecular formula is C12H14N4O3S3. The van der Waals surface area contributed by atoms with Crippen molar-refractivity contribution in [2.75, 3.05) is 15.8 Å². The van der Waals surface area contributed by atoms with Gasteiger partial charge in [-0.05, 0) is 30.0 Å². The Morgan fingerprint density at radius 3 is 2.55 bits per heavy atom. The van der Waals surface area contributed by atoms with E-state index >= 15 is 0 Å². The summed E-state index contributed by atoms with van der Waals surface area (Å²) < 4.78 is 27.6. The highest BCUT2D eigenvalue weighted by atomic mass is 32.2. The second kappa shape index (κ2) is 7.07. The smallest absolute Gasteiger partial charge is 0.263 e. The quantitative estimate of drug-likeness (QED) is 0.769. The zero-order valence-electron chi connectivity index (χ0n) is 11.9. The Hall–Kier alpha value is -1.65. The minimum Gasteiger partial charge on any atom is -0.326 e. The largest absolute Gasteiger partial charge is 0.326 e. The molecule has 0 saturated carbocycles. The van der Waals surface area contributed by atoms with E-state index < -0.39 is 10.0 Å². The van der Waals surface area contributed by atoms with Crippen molar-refractivity contribution >= 4 is 49.8 Å². The number of amides is 1. The summed E-state index contributed by atoms with van der Waals surface area (Å²) in [6.07, 6.45) is 0. The zero-order chi connectivity index (χ0) is 16.2. The summed E-state index contributed by atoms with van der Waals surface area (Å²) in [7, 11) is -3.72. The van der Waals surface area contributed by atoms with E-state index in [2.05, 4.69) is 20.2 Å². The fourth-order valence-electron chi connectivity index (χ4n) is 1.53. The van der Waals surface area contributed by atoms with E-state index in [-0.39, 0.29) is 15.9 Å². The summed E-state index contributed by atoms with van der Waals surface area (Å²) in [6.45, 7) is 3.36. The van der Waals surface area contributed by atoms with E-state index in [0.29, 0.717) is 10.0 Å². The summed E-state index contributed by atoms with van der Waals surface area (Å²) in [5.74, 6) is 0.620. The molecule has 0 aliphatic rings. The molecule has 1 aromatic carbocycles. The standard InChI is InChI=1S/C12H14N4O3S3/c1-3-20-12-15-14-11(21-12)16-22(18,19)10-6-4-9(5-7-10)13-8(2)17/h4-7H,3H2,1-2H3,(H,13,17)(H,14,16). The first kappa shape index (κ1) is 16.7. The Bertz CT molecular complexity index is 756. The molecule has 1 aromatic heterocycles. The third-order valence-electron chi connectivity index (χ3n) is 2.38. The van der Waals surface area contributed by atoms with Crippen LogP contribution in [0.5, 0.6) is 0 Å². The molecule has 1 heterocycles. The fourth-order valence-corrected chi connectivity index (χ4v) is 4.41. The third kappa shape index (κ3) is 4.42. The summed E-state index contributed by atoms with van der Waals surface area (Å²) in [4.78, 5) is 11.0. The van der Waals surface area contributed by atoms with E-state index in [9.17, 15) is 13.2 Å². The number of hydrogen-bond acceptors (Lipinski definition) is 7. The average molecular weight is 358 g/mol. The molecule has 0 aliphatic heterocycles. The number of nitrogens with one attached hydrogen (secondary N) is 2. The first-order valence-electron chi connectivity index (χ1n) is 6.27. The highest BCUT2D eigenvalue weighted by Gasteiger charge is 2.17. The number of carbonyl (C=O) groups is 1. The van der Waals surface area contributed by atoms with Crippen molar-refractivity contribution in [3.63, 3.8) is 0 Å². The number of carbonyl (C=O) groups excluding carboxylic acids is 1. The van der Waals surface area contributed by atoms with E-state index in [1.165, 1.54) is 54.3 Å². The Kier molecular flexibility index (Phi) is 5.37. The van der Waals surface area contributed by atoms with Crippen LogP contribution in [0.15, 0.2) is 33.5 Å². The normalized spacial score (nSPS) is 11.2. The first-order chi connectivity index (χ1) is 10.4. The van der Waals surface area contributed by atoms with Crippen LogP contribution < -0.4 is 10.0 Å². The van der Waals surface area contributed by atoms with Gasteiger partial charge in [0.15, 0.2) is 4.34 Å². The van der Waals surface area contributed by atoms with Gasteiger partial charge in [-0.15, -0.1) is 10.2 Å². The fraction of sp³-hybridized carbons (Fsp3) is 0.250. The number of nitrogens with zero attached hydrogens (tertiary/aromatic N) is 2. The molecule has 2 aromatic rings. The van der Waals surface area contributed by atoms with Crippen LogP contribution in [0.2, 0.25) is 0 Å². The van der Waals surface area contributed by atoms with Crippen LogP contribution in [0.25, 0.3) is 0 Å². The Morgan fingerprint density at radius 1 is 1.27 bits per heavy atom. The lowest BCUT2D eigenvalue weighted by Gasteiger charge is -2.06. The molecule has 0 radical (unpaired) electrons. The minimum atomic E-state index is -3.72. The molecule has 1 amide bonds. The summed E-state index contributed by atoms with van der Waals surface area (Å²) in [6, 6.07) is 5.87. The lowest BCUT2D eigenvalue weighted by molar-refractivity contribution is -0.114. The average Bonchev–Trinajstić information content (AvgIpc) is 2.85. The van der Waals surface area contributed by atoms with E-state index in [4.69, 9.17) is 0 Å². The number of thioether (sulfide) groups is 1. The topological polar surface area (TPSA) is 101 Å². The van der Waals surface area contributed by atoms with E-state index in [1.807, 2.05) is 6.92 Å². The van der Waals surface area contributed by atoms with Crippen LogP contribution in [-0.4, -0.2) is 30.3 Å². The van der Waals surface area contributed by atoms with Crippen LogP contribution >= 0.6 is 23.1 Å². The van der Waals surface area contributed by atoms with E-state index in [1.54, 1.807) is 0 Å². The van der Waals surface area contributed by atoms with Crippen LogP contribution in [0.1, 0.15) is 13.8 Å². The number of aromatic nitrogens is 2. The first-order valence-corrected chi connectivity index (χ1v) is 9.56. The Balaban J connectivity index is 2.13. The van der Waals surface area contributed by atoms with Gasteiger partial charge in [0.2, 0.25) is 11.0 Å². The molecule has 22 heavy (non-hydrogen) atoms. The van der Waals surface area contributed by atoms with Gasteiger partial charge < -0.3 is 5.32 Å². The second-order valence-corrected chi connectivity index (χ2v) is 8.29. The number of anilines is 2. The summed E-state index contributed by atoms with van der Waals surface area (Å²) in [5.41, 5.74) is 0.531. The number of sulfonamides is 1. The molecule has 0 spiro atoms. The maximum Gasteiger partial charge on any atom is 0.263 e. The van der Waals surface area contributed by atoms with Gasteiger partial charge in [0.1, 0.15) is 0 Å². The number of benzene rings is 1. The molecule has 2 rings (SSSR count). The molecule has 0 bridgehead atoms. The second-order valence-electron chi connectivity index (χ2n) is 4.12. The molecule has 0 aliphatic carbocycles. The molecule has 10 heteroatoms. The number of rotatable bonds is 6. The number of hydrogen-bond donors (Lipinski definition) is 2. The predicted molar refractivity (Wildman–Crippen MR) is 87.9 cm³/mol. The molecule has 2 N–H and O–H groups in total. The third-order valence-corrected chi connectivity index (χ3v) is 5.72. The van der Waals surface area contributed by atoms with Crippen LogP contribution in [0, 0.1) is 0 Å². The maximum atomic E-state index is 12.2. The van der Waals surface area contributed by atoms with Gasteiger partial charge in [-0.3, -0.25) is 9.52 Å². The molecule has 0 atom stereocenters. The maximum absolute atomic E-state index is 12.2. The highest BCUT2D eigenvalue weighted by Crippen LogP contribution is 2.27. The zero-order valence-corrected chi connectivity index (χ0v) is 14.3. The van der Waals surface area contributed by atoms with Crippen molar-refractivity contribution < 1.29 is 13.2 Å². The van der Waals surface area contributed by atoms with Gasteiger partial charge >= 0.3 is 0 Å². The van der Waals surface area contributed by atoms with Crippen LogP contribution in [-0.2, 0) is 14.8 Å². The van der Waals surface area contributed by atoms with Crippen molar-refractivity contribution in [3.05, 3.63) is 24.3 Å². The Labute approximate surface area is 136 Å². The molecule has 0 fully saturated rings. The molecule has 0 saturated heterocycles. The SMILES string of the molecule is CCSc1nnc(NS(=O)(=O)c2ccc(NC(C)=O)cc2)s1. The molecule has 0 unspecified atom stereocenters. The summed E-state index contributed by atoms with van der Waals surface area (Å²) >= 11 is 2.68. The van der Waals surface area contributed by atoms with Crippen LogP contribution in [0.3, 0.4) is 0 Å². The van der Waals surface area contributed by atoms with Gasteiger partial charge in [0, 0.05) is 12.6 Å². The van der Waals surface area contributed by atoms with Gasteiger partial charge in [-0.25, -0.2) is 8.42 Å². The van der Waals surface area contributed by atoms with Crippen molar-refractivity contribution in [1.82, 2.24) is 10.2 Å². The predicted octanol–water partition coefficient (Wildman–Crippen LogP) is 2.41. The molecule has 118 valence electrons. The van der Waals surface area contributed by atoms with Crippen molar-refractivity contribution in [1.29, 1.82) is 0 Å². The van der Waals surface area contributed by atoms with Gasteiger partial charge in [-0.1, -0.05) is 30.0 Å². The van der Waals surface area contributed by atoms with Crippen molar-refractivity contribution in [2.45, 2.75) is 23.1 Å². The lowest BCUT2D eigenvalue weighted by Crippen LogP contribution is -2.13. The summed E-state index contributed by atoms with van der Waals surface area (Å²) in [5, 5.41) is 10.5. The van der Waals surface area contributed by atoms with Gasteiger partial charge in [0.25, 0.3) is 10.0 Å². The highest BCUT2D eigenvalue weighted by molar-refractivity contribution is 8.01. The molecular weight excluding hydrogens is 344 g/mol. The minimum absolute atomic E-state index is 0.0847. The van der Waals surface area contributed by atoms with E-state index in [0.717, 1.165) is 5.75 Å². The van der Waals surface area contributed by atoms with Crippen molar-refractivity contribution in [3.8, 4) is 0 Å². The lowest BCUT2D eigenvalue weighted by atomic mass is 10.3. The monoisotopic (exact) mass is 358 g/mol. The van der Waals surface area contributed by atoms with Gasteiger partial charge in [-0.2, -0.15) is 0 Å². The van der Waals surface area contributed by atoms with Crippen LogP contribution in [0.4, 0.5) is 10.8 Å². The van der Waals surface area contributed by atoms with Crippen molar-refractivity contribution in [2.24, 2.45) is 0 Å². The Morgan fingerprint density at radius 2 is 1.95 bits per heavy atom. The van der Waals surface area contributed by atoms with Gasteiger partial charge in [0.05, 0.1) is 4.90 Å².